The highest BCUT2D eigenvalue weighted by Gasteiger charge is 2.51. The molecule has 1 fully saturated rings. The quantitative estimate of drug-likeness (QED) is 0.0256. The monoisotopic (exact) mass is 1670 g/mol. The molecular weight excluding hydrogens is 1600 g/mol. The minimum atomic E-state index is -1.43. The van der Waals surface area contributed by atoms with E-state index in [-0.39, 0.29) is 45.8 Å². The maximum Gasteiger partial charge on any atom is 0.494 e. The van der Waals surface area contributed by atoms with Gasteiger partial charge < -0.3 is 71.5 Å². The molecule has 1 heterocycles. The van der Waals surface area contributed by atoms with Gasteiger partial charge >= 0.3 is 32.3 Å². The lowest BCUT2D eigenvalue weighted by atomic mass is 9.79. The van der Waals surface area contributed by atoms with E-state index in [1.165, 1.54) is 58.8 Å². The van der Waals surface area contributed by atoms with E-state index in [4.69, 9.17) is 78.7 Å². The van der Waals surface area contributed by atoms with Crippen molar-refractivity contribution < 1.29 is 70.2 Å². The third-order valence-electron chi connectivity index (χ3n) is 14.6. The number of alkyl halides is 2. The summed E-state index contributed by atoms with van der Waals surface area (Å²) in [6.07, 6.45) is 1.09. The zero-order chi connectivity index (χ0) is 74.0. The fraction of sp³-hybridized carbons (Fsp3) is 0.197. The Labute approximate surface area is 622 Å². The fourth-order valence-electron chi connectivity index (χ4n) is 9.10. The number of benzene rings is 9. The van der Waals surface area contributed by atoms with E-state index in [0.717, 1.165) is 44.4 Å². The van der Waals surface area contributed by atoms with Gasteiger partial charge in [0.05, 0.1) is 48.6 Å². The van der Waals surface area contributed by atoms with Crippen LogP contribution in [0.4, 0.5) is 49.0 Å². The van der Waals surface area contributed by atoms with Crippen LogP contribution in [0.3, 0.4) is 0 Å². The summed E-state index contributed by atoms with van der Waals surface area (Å²) < 4.78 is 87.3. The van der Waals surface area contributed by atoms with Gasteiger partial charge in [0.2, 0.25) is 0 Å². The number of anilines is 3. The number of hydrogen-bond donors (Lipinski definition) is 8. The Hall–Kier alpha value is -7.82. The predicted molar refractivity (Wildman–Crippen MR) is 404 cm³/mol. The van der Waals surface area contributed by atoms with E-state index in [1.807, 2.05) is 100 Å². The second-order valence-corrected chi connectivity index (χ2v) is 26.1. The first-order chi connectivity index (χ1) is 47.3. The van der Waals surface area contributed by atoms with Crippen molar-refractivity contribution in [2.24, 2.45) is 17.2 Å². The molecule has 1 aliphatic heterocycles. The second-order valence-electron chi connectivity index (χ2n) is 22.4. The molecule has 0 spiro atoms. The number of carbonyl (C=O) groups excluding carboxylic acids is 3. The Kier molecular flexibility index (Phi) is 33.1. The number of primary amides is 3. The minimum absolute atomic E-state index is 0.182. The average Bonchev–Trinajstić information content (AvgIpc) is 1.61. The van der Waals surface area contributed by atoms with Crippen molar-refractivity contribution in [3.8, 4) is 34.1 Å². The molecule has 0 radical (unpaired) electrons. The van der Waals surface area contributed by atoms with Crippen molar-refractivity contribution in [1.29, 1.82) is 0 Å². The van der Waals surface area contributed by atoms with Crippen LogP contribution in [0.25, 0.3) is 11.1 Å². The number of hydrogen-bond acceptors (Lipinski definition) is 11. The number of carbonyl (C=O) groups is 3. The van der Waals surface area contributed by atoms with Crippen molar-refractivity contribution in [3.05, 3.63) is 252 Å². The lowest BCUT2D eigenvalue weighted by molar-refractivity contribution is 0.00578. The summed E-state index contributed by atoms with van der Waals surface area (Å²) in [6.45, 7) is 8.04. The number of amides is 6. The average molecular weight is 1670 g/mol. The first kappa shape index (κ1) is 82.8. The maximum absolute atomic E-state index is 14.6. The number of rotatable bonds is 16. The highest BCUT2D eigenvalue weighted by Crippen LogP contribution is 2.38. The van der Waals surface area contributed by atoms with E-state index in [2.05, 4.69) is 79.7 Å². The van der Waals surface area contributed by atoms with Gasteiger partial charge in [0, 0.05) is 43.3 Å². The molecule has 10 rings (SSSR count). The molecular formula is C71H72B2Br4Cl2F4N6O11. The normalized spacial score (nSPS) is 12.1. The number of methoxy groups -OCH3 is 4. The van der Waals surface area contributed by atoms with Crippen LogP contribution in [0.15, 0.2) is 185 Å². The molecule has 0 bridgehead atoms. The first-order valence-electron chi connectivity index (χ1n) is 29.9. The van der Waals surface area contributed by atoms with Crippen LogP contribution in [-0.4, -0.2) is 82.0 Å². The SMILES string of the molecule is CC1(C)OB(c2ccc(NC(N)=O)cc2)OC1(C)C.COc1c(F)cc(CBr)cc1Br.COc1c(F)cc(Cc2ccc(NC(N)=O)cc2)cc1-c1cccc(Cl)c1.COc1c(F)cc(Cc2ccc(NC(N)=O)cc2)cc1Br.COc1ccc(CBr)cc1F.OB(O)c1cccc(Cl)c1. The Balaban J connectivity index is 0.000000224. The third-order valence-corrected chi connectivity index (χ3v) is 17.5. The molecule has 11 N–H and O–H groups in total. The Bertz CT molecular complexity index is 4140. The van der Waals surface area contributed by atoms with Crippen LogP contribution in [0.5, 0.6) is 23.0 Å². The van der Waals surface area contributed by atoms with Crippen LogP contribution in [-0.2, 0) is 32.8 Å². The number of nitrogens with one attached hydrogen (secondary N) is 3. The van der Waals surface area contributed by atoms with Crippen molar-refractivity contribution >= 4 is 147 Å². The smallest absolute Gasteiger partial charge is 0.494 e. The molecule has 0 atom stereocenters. The zero-order valence-electron chi connectivity index (χ0n) is 55.3. The Morgan fingerprint density at radius 2 is 0.880 bits per heavy atom. The number of ether oxygens (including phenoxy) is 4. The lowest BCUT2D eigenvalue weighted by Crippen LogP contribution is -2.41. The standard InChI is InChI=1S/C21H18ClFN2O2.C15H14BrFN2O2.C13H19BN2O3.C8H7Br2FO.C8H8BrFO.C6H6BClO2/c1-27-20-18(15-3-2-4-16(22)12-15)10-14(11-19(20)23)9-13-5-7-17(8-6-13)25-21(24)26;1-21-14-12(16)7-10(8-13(14)17)6-9-2-4-11(5-3-9)19-15(18)20;1-12(2)13(3,4)19-14(18-12)9-5-7-10(8-6-9)16-11(15)17;1-12-8-6(10)2-5(4-9)3-7(8)11;1-11-8-3-2-6(5-9)4-7(8)10;8-6-3-1-2-5(4-6)7(9)10/h2-8,10-12H,9H2,1H3,(H3,24,25,26);2-5,7-8H,6H2,1H3,(H3,18,19,20);5-8H,1-4H3,(H3,15,16,17);2-3H,4H2,1H3;2-4H,5H2,1H3;1-4,9-10H. The van der Waals surface area contributed by atoms with Crippen LogP contribution >= 0.6 is 86.9 Å². The minimum Gasteiger partial charge on any atom is -0.494 e. The van der Waals surface area contributed by atoms with E-state index in [1.54, 1.807) is 72.8 Å². The van der Waals surface area contributed by atoms with Crippen molar-refractivity contribution in [1.82, 2.24) is 0 Å². The lowest BCUT2D eigenvalue weighted by Gasteiger charge is -2.32. The van der Waals surface area contributed by atoms with Gasteiger partial charge in [0.1, 0.15) is 0 Å². The van der Waals surface area contributed by atoms with Crippen LogP contribution in [0, 0.1) is 23.3 Å². The summed E-state index contributed by atoms with van der Waals surface area (Å²) in [5.74, 6) is -0.590. The molecule has 0 saturated carbocycles. The summed E-state index contributed by atoms with van der Waals surface area (Å²) >= 11 is 24.6. The molecule has 17 nitrogen and oxygen atoms in total. The second kappa shape index (κ2) is 40.0. The summed E-state index contributed by atoms with van der Waals surface area (Å²) in [7, 11) is 3.93. The molecule has 528 valence electrons. The van der Waals surface area contributed by atoms with Gasteiger partial charge in [-0.3, -0.25) is 0 Å². The molecule has 100 heavy (non-hydrogen) atoms. The molecule has 0 unspecified atom stereocenters. The summed E-state index contributed by atoms with van der Waals surface area (Å²) in [6, 6.07) is 48.2. The topological polar surface area (TPSA) is 261 Å². The highest BCUT2D eigenvalue weighted by molar-refractivity contribution is 9.11. The maximum atomic E-state index is 14.6. The Morgan fingerprint density at radius 1 is 0.490 bits per heavy atom. The predicted octanol–water partition coefficient (Wildman–Crippen LogP) is 16.6. The molecule has 1 aliphatic rings. The summed E-state index contributed by atoms with van der Waals surface area (Å²) in [4.78, 5) is 32.4. The first-order valence-corrected chi connectivity index (χ1v) is 34.5. The van der Waals surface area contributed by atoms with Gasteiger partial charge in [0.15, 0.2) is 46.3 Å². The van der Waals surface area contributed by atoms with Crippen LogP contribution in [0.2, 0.25) is 10.0 Å². The van der Waals surface area contributed by atoms with E-state index in [0.29, 0.717) is 70.6 Å². The molecule has 0 aromatic heterocycles. The molecule has 9 aromatic rings. The van der Waals surface area contributed by atoms with E-state index in [9.17, 15) is 31.9 Å². The molecule has 1 saturated heterocycles. The highest BCUT2D eigenvalue weighted by atomic mass is 79.9. The summed E-state index contributed by atoms with van der Waals surface area (Å²) in [5.41, 5.74) is 24.4. The van der Waals surface area contributed by atoms with E-state index >= 15 is 0 Å². The van der Waals surface area contributed by atoms with Crippen molar-refractivity contribution in [2.45, 2.75) is 62.4 Å². The van der Waals surface area contributed by atoms with Gasteiger partial charge in [-0.2, -0.15) is 0 Å². The van der Waals surface area contributed by atoms with Gasteiger partial charge in [-0.25, -0.2) is 31.9 Å². The fourth-order valence-corrected chi connectivity index (χ4v) is 11.4. The van der Waals surface area contributed by atoms with E-state index < -0.39 is 44.0 Å². The van der Waals surface area contributed by atoms with Crippen LogP contribution in [0.1, 0.15) is 61.1 Å². The third kappa shape index (κ3) is 26.0. The van der Waals surface area contributed by atoms with Gasteiger partial charge in [-0.15, -0.1) is 0 Å². The van der Waals surface area contributed by atoms with Crippen molar-refractivity contribution in [3.63, 3.8) is 0 Å². The number of urea groups is 3. The van der Waals surface area contributed by atoms with Crippen molar-refractivity contribution in [2.75, 3.05) is 44.4 Å². The Morgan fingerprint density at radius 3 is 1.26 bits per heavy atom. The van der Waals surface area contributed by atoms with Gasteiger partial charge in [-0.1, -0.05) is 122 Å². The molecule has 0 aliphatic carbocycles. The molecule has 9 aromatic carbocycles. The van der Waals surface area contributed by atoms with Crippen LogP contribution < -0.4 is 63.0 Å². The molecule has 6 amide bonds. The zero-order valence-corrected chi connectivity index (χ0v) is 63.2. The van der Waals surface area contributed by atoms with Gasteiger partial charge in [-0.05, 0) is 231 Å². The number of halogens is 10. The number of nitrogens with two attached hydrogens (primary N) is 3. The summed E-state index contributed by atoms with van der Waals surface area (Å²) in [5, 5.41) is 27.2. The van der Waals surface area contributed by atoms with Gasteiger partial charge in [0.25, 0.3) is 0 Å². The largest absolute Gasteiger partial charge is 0.494 e. The molecule has 29 heteroatoms.